The number of rotatable bonds is 9. The van der Waals surface area contributed by atoms with Gasteiger partial charge in [-0.2, -0.15) is 0 Å². The van der Waals surface area contributed by atoms with E-state index in [4.69, 9.17) is 9.63 Å². The molecule has 2 rings (SSSR count). The van der Waals surface area contributed by atoms with Crippen molar-refractivity contribution in [3.8, 4) is 5.75 Å². The van der Waals surface area contributed by atoms with E-state index in [1.54, 1.807) is 6.07 Å². The molecule has 0 spiro atoms. The number of aliphatic hydroxyl groups is 1. The molecule has 0 fully saturated rings. The smallest absolute Gasteiger partial charge is 0.508 e. The summed E-state index contributed by atoms with van der Waals surface area (Å²) in [5.74, 6) is 0.547. The normalized spacial score (nSPS) is 14.1. The molecule has 176 valence electrons. The van der Waals surface area contributed by atoms with Crippen molar-refractivity contribution in [3.05, 3.63) is 63.7 Å². The zero-order valence-corrected chi connectivity index (χ0v) is 20.4. The maximum atomic E-state index is 12.8. The van der Waals surface area contributed by atoms with Gasteiger partial charge in [-0.05, 0) is 72.6 Å². The maximum Gasteiger partial charge on any atom is 0.512 e. The van der Waals surface area contributed by atoms with Crippen molar-refractivity contribution in [3.63, 3.8) is 0 Å². The predicted molar refractivity (Wildman–Crippen MR) is 123 cm³/mol. The lowest BCUT2D eigenvalue weighted by Gasteiger charge is -2.17. The Hall–Kier alpha value is -2.34. The molecule has 2 aromatic carbocycles. The van der Waals surface area contributed by atoms with Gasteiger partial charge in [0, 0.05) is 12.8 Å². The van der Waals surface area contributed by atoms with Crippen LogP contribution >= 0.6 is 7.37 Å². The van der Waals surface area contributed by atoms with Crippen molar-refractivity contribution in [1.29, 1.82) is 0 Å². The SMILES string of the molecule is Cc1cc(CP(C)(=O)OCOC(=O)OC(C)O)cc(C)c1Cc1ccc(O)c(C(C)C)c1. The van der Waals surface area contributed by atoms with Crippen molar-refractivity contribution in [2.24, 2.45) is 0 Å². The number of phenolic OH excluding ortho intramolecular Hbond substituents is 1. The van der Waals surface area contributed by atoms with Gasteiger partial charge in [0.1, 0.15) is 5.75 Å². The van der Waals surface area contributed by atoms with Gasteiger partial charge >= 0.3 is 6.16 Å². The Balaban J connectivity index is 2.08. The van der Waals surface area contributed by atoms with E-state index in [2.05, 4.69) is 23.3 Å². The van der Waals surface area contributed by atoms with Crippen LogP contribution in [0.4, 0.5) is 4.79 Å². The summed E-state index contributed by atoms with van der Waals surface area (Å²) in [6.07, 6.45) is -1.46. The Kier molecular flexibility index (Phi) is 8.90. The van der Waals surface area contributed by atoms with Crippen molar-refractivity contribution in [2.75, 3.05) is 13.5 Å². The summed E-state index contributed by atoms with van der Waals surface area (Å²) in [5.41, 5.74) is 6.26. The zero-order valence-electron chi connectivity index (χ0n) is 19.5. The van der Waals surface area contributed by atoms with E-state index < -0.39 is 26.6 Å². The molecule has 0 saturated heterocycles. The Morgan fingerprint density at radius 3 is 2.25 bits per heavy atom. The molecule has 2 unspecified atom stereocenters. The number of aryl methyl sites for hydroxylation is 2. The third kappa shape index (κ3) is 7.66. The first-order valence-electron chi connectivity index (χ1n) is 10.5. The van der Waals surface area contributed by atoms with Gasteiger partial charge < -0.3 is 19.7 Å². The highest BCUT2D eigenvalue weighted by Crippen LogP contribution is 2.46. The second-order valence-electron chi connectivity index (χ2n) is 8.46. The highest BCUT2D eigenvalue weighted by molar-refractivity contribution is 7.57. The number of carbonyl (C=O) groups excluding carboxylic acids is 1. The molecule has 2 atom stereocenters. The molecule has 2 N–H and O–H groups in total. The van der Waals surface area contributed by atoms with Crippen LogP contribution in [-0.4, -0.2) is 36.1 Å². The fraction of sp³-hybridized carbons (Fsp3) is 0.458. The third-order valence-electron chi connectivity index (χ3n) is 5.09. The number of phenols is 1. The number of aromatic hydroxyl groups is 1. The first-order valence-corrected chi connectivity index (χ1v) is 12.8. The van der Waals surface area contributed by atoms with Gasteiger partial charge in [-0.1, -0.05) is 38.1 Å². The largest absolute Gasteiger partial charge is 0.512 e. The van der Waals surface area contributed by atoms with E-state index in [1.807, 2.05) is 38.1 Å². The third-order valence-corrected chi connectivity index (χ3v) is 6.68. The average molecular weight is 464 g/mol. The number of aliphatic hydroxyl groups excluding tert-OH is 1. The van der Waals surface area contributed by atoms with Gasteiger partial charge in [-0.15, -0.1) is 0 Å². The van der Waals surface area contributed by atoms with Crippen LogP contribution in [0.15, 0.2) is 30.3 Å². The highest BCUT2D eigenvalue weighted by Gasteiger charge is 2.20. The lowest BCUT2D eigenvalue weighted by atomic mass is 9.92. The Morgan fingerprint density at radius 2 is 1.69 bits per heavy atom. The fourth-order valence-electron chi connectivity index (χ4n) is 3.57. The quantitative estimate of drug-likeness (QED) is 0.283. The molecule has 0 amide bonds. The summed E-state index contributed by atoms with van der Waals surface area (Å²) in [4.78, 5) is 11.3. The van der Waals surface area contributed by atoms with E-state index in [-0.39, 0.29) is 12.1 Å². The number of ether oxygens (including phenoxy) is 2. The summed E-state index contributed by atoms with van der Waals surface area (Å²) in [6.45, 7) is 10.4. The topological polar surface area (TPSA) is 102 Å². The van der Waals surface area contributed by atoms with E-state index in [0.29, 0.717) is 5.75 Å². The summed E-state index contributed by atoms with van der Waals surface area (Å²) in [7, 11) is -3.07. The monoisotopic (exact) mass is 464 g/mol. The van der Waals surface area contributed by atoms with Gasteiger partial charge in [-0.3, -0.25) is 9.09 Å². The molecule has 0 aliphatic rings. The minimum absolute atomic E-state index is 0.195. The van der Waals surface area contributed by atoms with Crippen LogP contribution in [0.5, 0.6) is 5.75 Å². The summed E-state index contributed by atoms with van der Waals surface area (Å²) in [6, 6.07) is 9.71. The van der Waals surface area contributed by atoms with Crippen LogP contribution in [0.25, 0.3) is 0 Å². The van der Waals surface area contributed by atoms with Crippen LogP contribution in [-0.2, 0) is 31.1 Å². The molecule has 32 heavy (non-hydrogen) atoms. The average Bonchev–Trinajstić information content (AvgIpc) is 2.64. The molecular weight excluding hydrogens is 431 g/mol. The maximum absolute atomic E-state index is 12.8. The Bertz CT molecular complexity index is 975. The zero-order chi connectivity index (χ0) is 24.1. The van der Waals surface area contributed by atoms with E-state index in [0.717, 1.165) is 34.2 Å². The van der Waals surface area contributed by atoms with E-state index in [9.17, 15) is 14.5 Å². The van der Waals surface area contributed by atoms with E-state index >= 15 is 0 Å². The Morgan fingerprint density at radius 1 is 1.06 bits per heavy atom. The molecule has 0 radical (unpaired) electrons. The van der Waals surface area contributed by atoms with Gasteiger partial charge in [0.25, 0.3) is 0 Å². The van der Waals surface area contributed by atoms with Crippen molar-refractivity contribution in [2.45, 2.75) is 59.4 Å². The van der Waals surface area contributed by atoms with Crippen molar-refractivity contribution >= 4 is 13.5 Å². The molecular formula is C24H33O7P. The second kappa shape index (κ2) is 11.0. The first kappa shape index (κ1) is 25.9. The summed E-state index contributed by atoms with van der Waals surface area (Å²) < 4.78 is 27.1. The van der Waals surface area contributed by atoms with Gasteiger partial charge in [0.2, 0.25) is 20.5 Å². The lowest BCUT2D eigenvalue weighted by molar-refractivity contribution is -0.0811. The fourth-order valence-corrected chi connectivity index (χ4v) is 4.78. The van der Waals surface area contributed by atoms with Crippen LogP contribution in [0.3, 0.4) is 0 Å². The van der Waals surface area contributed by atoms with Crippen LogP contribution in [0.1, 0.15) is 60.1 Å². The molecule has 0 aliphatic carbocycles. The highest BCUT2D eigenvalue weighted by atomic mass is 31.2. The molecule has 7 nitrogen and oxygen atoms in total. The van der Waals surface area contributed by atoms with Crippen molar-refractivity contribution in [1.82, 2.24) is 0 Å². The molecule has 0 aromatic heterocycles. The minimum atomic E-state index is -3.07. The van der Waals surface area contributed by atoms with E-state index in [1.165, 1.54) is 19.2 Å². The summed E-state index contributed by atoms with van der Waals surface area (Å²) >= 11 is 0. The van der Waals surface area contributed by atoms with Crippen molar-refractivity contribution < 1.29 is 33.6 Å². The number of carbonyl (C=O) groups is 1. The van der Waals surface area contributed by atoms with Gasteiger partial charge in [0.05, 0.1) is 0 Å². The predicted octanol–water partition coefficient (Wildman–Crippen LogP) is 5.60. The van der Waals surface area contributed by atoms with Crippen LogP contribution in [0.2, 0.25) is 0 Å². The molecule has 0 heterocycles. The molecule has 0 saturated carbocycles. The van der Waals surface area contributed by atoms with Gasteiger partial charge in [0.15, 0.2) is 0 Å². The van der Waals surface area contributed by atoms with Crippen LogP contribution < -0.4 is 0 Å². The molecule has 0 aliphatic heterocycles. The number of hydrogen-bond donors (Lipinski definition) is 2. The minimum Gasteiger partial charge on any atom is -0.508 e. The standard InChI is InChI=1S/C24H33O7P/c1-15(2)21-11-19(7-8-23(21)26)12-22-16(3)9-20(10-17(22)4)13-32(6,28)30-14-29-24(27)31-18(5)25/h7-11,15,18,25-26H,12-14H2,1-6H3. The number of benzene rings is 2. The molecule has 0 bridgehead atoms. The van der Waals surface area contributed by atoms with Gasteiger partial charge in [-0.25, -0.2) is 4.79 Å². The molecule has 8 heteroatoms. The number of hydrogen-bond acceptors (Lipinski definition) is 7. The van der Waals surface area contributed by atoms with Crippen LogP contribution in [0, 0.1) is 13.8 Å². The molecule has 2 aromatic rings. The Labute approximate surface area is 189 Å². The first-order chi connectivity index (χ1) is 14.9. The summed E-state index contributed by atoms with van der Waals surface area (Å²) in [5, 5.41) is 19.0. The second-order valence-corrected chi connectivity index (χ2v) is 11.1. The lowest BCUT2D eigenvalue weighted by Crippen LogP contribution is -2.16.